The highest BCUT2D eigenvalue weighted by Crippen LogP contribution is 2.18. The van der Waals surface area contributed by atoms with Crippen molar-refractivity contribution in [3.63, 3.8) is 0 Å². The first-order chi connectivity index (χ1) is 10.8. The van der Waals surface area contributed by atoms with E-state index in [0.29, 0.717) is 12.0 Å². The summed E-state index contributed by atoms with van der Waals surface area (Å²) >= 11 is 0. The number of guanidine groups is 1. The minimum absolute atomic E-state index is 0. The summed E-state index contributed by atoms with van der Waals surface area (Å²) in [4.78, 5) is 31.7. The van der Waals surface area contributed by atoms with Crippen molar-refractivity contribution >= 4 is 41.8 Å². The normalized spacial score (nSPS) is 19.5. The molecule has 2 rings (SSSR count). The Kier molecular flexibility index (Phi) is 7.71. The number of rotatable bonds is 5. The third kappa shape index (κ3) is 5.47. The molecule has 1 saturated heterocycles. The Balaban J connectivity index is 0.00000288. The van der Waals surface area contributed by atoms with E-state index in [2.05, 4.69) is 25.4 Å². The van der Waals surface area contributed by atoms with Gasteiger partial charge in [-0.25, -0.2) is 0 Å². The van der Waals surface area contributed by atoms with E-state index in [0.717, 1.165) is 39.0 Å². The minimum Gasteiger partial charge on any atom is -0.368 e. The molecule has 0 unspecified atom stereocenters. The van der Waals surface area contributed by atoms with Crippen molar-refractivity contribution in [2.75, 3.05) is 39.8 Å². The van der Waals surface area contributed by atoms with Crippen molar-refractivity contribution in [3.05, 3.63) is 0 Å². The molecule has 1 aliphatic heterocycles. The van der Waals surface area contributed by atoms with E-state index in [1.807, 2.05) is 13.8 Å². The van der Waals surface area contributed by atoms with Crippen LogP contribution in [0.5, 0.6) is 0 Å². The second kappa shape index (κ2) is 8.84. The number of nitrogens with two attached hydrogens (primary N) is 1. The van der Waals surface area contributed by atoms with Gasteiger partial charge in [0, 0.05) is 39.3 Å². The van der Waals surface area contributed by atoms with Crippen molar-refractivity contribution in [2.45, 2.75) is 38.3 Å². The van der Waals surface area contributed by atoms with Crippen molar-refractivity contribution in [2.24, 2.45) is 10.7 Å². The third-order valence-corrected chi connectivity index (χ3v) is 4.53. The number of halogens is 1. The van der Waals surface area contributed by atoms with E-state index in [9.17, 15) is 9.59 Å². The molecular formula is C15H29IN6O2. The Hall–Kier alpha value is -1.10. The molecule has 0 spiro atoms. The number of carbonyl (C=O) groups is 2. The molecule has 0 aromatic carbocycles. The number of amides is 2. The summed E-state index contributed by atoms with van der Waals surface area (Å²) in [6.45, 7) is 6.85. The molecule has 0 aromatic rings. The Morgan fingerprint density at radius 1 is 1.21 bits per heavy atom. The lowest BCUT2D eigenvalue weighted by Gasteiger charge is -2.43. The molecule has 1 heterocycles. The van der Waals surface area contributed by atoms with Crippen LogP contribution in [0.3, 0.4) is 0 Å². The van der Waals surface area contributed by atoms with Gasteiger partial charge in [0.1, 0.15) is 0 Å². The zero-order chi connectivity index (χ0) is 17.0. The van der Waals surface area contributed by atoms with Crippen LogP contribution in [0, 0.1) is 0 Å². The van der Waals surface area contributed by atoms with Gasteiger partial charge in [0.15, 0.2) is 5.96 Å². The lowest BCUT2D eigenvalue weighted by molar-refractivity contribution is -0.129. The van der Waals surface area contributed by atoms with Crippen LogP contribution in [0.15, 0.2) is 4.99 Å². The van der Waals surface area contributed by atoms with E-state index < -0.39 is 5.54 Å². The van der Waals surface area contributed by atoms with Gasteiger partial charge in [0.25, 0.3) is 0 Å². The summed E-state index contributed by atoms with van der Waals surface area (Å²) in [5, 5.41) is 6.04. The van der Waals surface area contributed by atoms with Crippen LogP contribution < -0.4 is 16.4 Å². The number of piperazine rings is 1. The first kappa shape index (κ1) is 20.9. The second-order valence-corrected chi connectivity index (χ2v) is 6.64. The van der Waals surface area contributed by atoms with Gasteiger partial charge in [0.2, 0.25) is 11.8 Å². The number of nitrogens with zero attached hydrogens (tertiary/aromatic N) is 3. The molecular weight excluding hydrogens is 423 g/mol. The molecule has 24 heavy (non-hydrogen) atoms. The van der Waals surface area contributed by atoms with Crippen molar-refractivity contribution in [1.82, 2.24) is 20.4 Å². The second-order valence-electron chi connectivity index (χ2n) is 6.64. The molecule has 9 heteroatoms. The van der Waals surface area contributed by atoms with Gasteiger partial charge in [-0.15, -0.1) is 24.0 Å². The van der Waals surface area contributed by atoms with Gasteiger partial charge in [-0.05, 0) is 26.7 Å². The Morgan fingerprint density at radius 3 is 2.25 bits per heavy atom. The zero-order valence-electron chi connectivity index (χ0n) is 14.7. The van der Waals surface area contributed by atoms with Crippen molar-refractivity contribution in [1.29, 1.82) is 0 Å². The Bertz CT molecular complexity index is 484. The first-order valence-electron chi connectivity index (χ1n) is 8.14. The van der Waals surface area contributed by atoms with E-state index in [4.69, 9.17) is 5.73 Å². The minimum atomic E-state index is -0.646. The number of carbonyl (C=O) groups excluding carboxylic acids is 2. The fourth-order valence-electron chi connectivity index (χ4n) is 2.63. The number of hydrogen-bond donors (Lipinski definition) is 3. The Labute approximate surface area is 160 Å². The third-order valence-electron chi connectivity index (χ3n) is 4.53. The van der Waals surface area contributed by atoms with Gasteiger partial charge in [-0.1, -0.05) is 0 Å². The van der Waals surface area contributed by atoms with Crippen LogP contribution in [0.25, 0.3) is 0 Å². The first-order valence-corrected chi connectivity index (χ1v) is 8.14. The largest absolute Gasteiger partial charge is 0.368 e. The maximum Gasteiger partial charge on any atom is 0.239 e. The molecule has 1 aliphatic carbocycles. The highest BCUT2D eigenvalue weighted by Gasteiger charge is 2.35. The summed E-state index contributed by atoms with van der Waals surface area (Å²) < 4.78 is 0. The molecule has 2 aliphatic rings. The number of hydrogen-bond acceptors (Lipinski definition) is 4. The van der Waals surface area contributed by atoms with Crippen LogP contribution in [0.4, 0.5) is 0 Å². The predicted molar refractivity (Wildman–Crippen MR) is 104 cm³/mol. The molecule has 8 nitrogen and oxygen atoms in total. The van der Waals surface area contributed by atoms with E-state index >= 15 is 0 Å². The van der Waals surface area contributed by atoms with Gasteiger partial charge >= 0.3 is 0 Å². The average Bonchev–Trinajstić information content (AvgIpc) is 3.32. The smallest absolute Gasteiger partial charge is 0.239 e. The number of nitrogens with one attached hydrogen (secondary N) is 2. The van der Waals surface area contributed by atoms with Crippen LogP contribution in [0.2, 0.25) is 0 Å². The summed E-state index contributed by atoms with van der Waals surface area (Å²) in [5.41, 5.74) is 4.83. The van der Waals surface area contributed by atoms with Crippen LogP contribution in [-0.4, -0.2) is 78.9 Å². The molecule has 138 valence electrons. The summed E-state index contributed by atoms with van der Waals surface area (Å²) in [6.07, 6.45) is 2.16. The molecule has 4 N–H and O–H groups in total. The predicted octanol–water partition coefficient (Wildman–Crippen LogP) is -0.660. The van der Waals surface area contributed by atoms with Gasteiger partial charge in [-0.3, -0.25) is 19.5 Å². The summed E-state index contributed by atoms with van der Waals surface area (Å²) in [6, 6.07) is 0.367. The average molecular weight is 452 g/mol. The fraction of sp³-hybridized carbons (Fsp3) is 0.800. The van der Waals surface area contributed by atoms with Crippen molar-refractivity contribution < 1.29 is 9.59 Å². The molecule has 1 saturated carbocycles. The van der Waals surface area contributed by atoms with E-state index in [1.54, 1.807) is 7.05 Å². The topological polar surface area (TPSA) is 103 Å². The molecule has 0 aromatic heterocycles. The monoisotopic (exact) mass is 452 g/mol. The molecule has 2 fully saturated rings. The van der Waals surface area contributed by atoms with Gasteiger partial charge in [-0.2, -0.15) is 0 Å². The Morgan fingerprint density at radius 2 is 1.79 bits per heavy atom. The van der Waals surface area contributed by atoms with Gasteiger partial charge in [0.05, 0.1) is 12.1 Å². The number of primary amides is 1. The zero-order valence-corrected chi connectivity index (χ0v) is 17.0. The maximum atomic E-state index is 11.7. The highest BCUT2D eigenvalue weighted by atomic mass is 127. The number of aliphatic imine (C=N–C) groups is 1. The lowest BCUT2D eigenvalue weighted by Crippen LogP contribution is -2.61. The van der Waals surface area contributed by atoms with Crippen LogP contribution >= 0.6 is 24.0 Å². The molecule has 0 atom stereocenters. The quantitative estimate of drug-likeness (QED) is 0.292. The van der Waals surface area contributed by atoms with E-state index in [-0.39, 0.29) is 42.3 Å². The van der Waals surface area contributed by atoms with Crippen LogP contribution in [-0.2, 0) is 9.59 Å². The SMILES string of the molecule is CN=C(NCC(=O)NC1CC1)N1CCN(C(C)(C)C(N)=O)CC1.I. The summed E-state index contributed by atoms with van der Waals surface area (Å²) in [7, 11) is 1.71. The fourth-order valence-corrected chi connectivity index (χ4v) is 2.63. The van der Waals surface area contributed by atoms with Crippen molar-refractivity contribution in [3.8, 4) is 0 Å². The lowest BCUT2D eigenvalue weighted by atomic mass is 10.0. The summed E-state index contributed by atoms with van der Waals surface area (Å²) in [5.74, 6) is 0.403. The van der Waals surface area contributed by atoms with E-state index in [1.165, 1.54) is 0 Å². The molecule has 0 bridgehead atoms. The highest BCUT2D eigenvalue weighted by molar-refractivity contribution is 14.0. The molecule has 2 amide bonds. The van der Waals surface area contributed by atoms with Gasteiger partial charge < -0.3 is 21.3 Å². The maximum absolute atomic E-state index is 11.7. The standard InChI is InChI=1S/C15H28N6O2.HI/c1-15(2,13(16)23)21-8-6-20(7-9-21)14(17-3)18-10-12(22)19-11-4-5-11;/h11H,4-10H2,1-3H3,(H2,16,23)(H,17,18)(H,19,22);1H. The molecule has 0 radical (unpaired) electrons. The van der Waals surface area contributed by atoms with Crippen LogP contribution in [0.1, 0.15) is 26.7 Å².